The smallest absolute Gasteiger partial charge is 0.305 e. The molecule has 0 fully saturated rings. The van der Waals surface area contributed by atoms with Crippen molar-refractivity contribution in [2.24, 2.45) is 5.41 Å². The molecule has 0 aromatic heterocycles. The van der Waals surface area contributed by atoms with Gasteiger partial charge in [0, 0.05) is 17.9 Å². The fraction of sp³-hybridized carbons (Fsp3) is 0.700. The summed E-state index contributed by atoms with van der Waals surface area (Å²) in [5.41, 5.74) is 0.423. The Morgan fingerprint density at radius 3 is 2.56 bits per heavy atom. The first-order valence-electron chi connectivity index (χ1n) is 9.27. The molecule has 0 radical (unpaired) electrons. The van der Waals surface area contributed by atoms with Crippen LogP contribution in [0.15, 0.2) is 22.8 Å². The minimum absolute atomic E-state index is 0.241. The second-order valence-corrected chi connectivity index (χ2v) is 7.19. The number of nitrogens with zero attached hydrogens (tertiary/aromatic N) is 2. The van der Waals surface area contributed by atoms with Crippen LogP contribution in [0.25, 0.3) is 0 Å². The quantitative estimate of drug-likeness (QED) is 0.492. The minimum atomic E-state index is -0.518. The number of hydrogen-bond acceptors (Lipinski definition) is 4. The van der Waals surface area contributed by atoms with Crippen LogP contribution in [0.5, 0.6) is 0 Å². The average molecular weight is 367 g/mol. The molecule has 4 nitrogen and oxygen atoms in total. The first kappa shape index (κ1) is 21.7. The van der Waals surface area contributed by atoms with Crippen LogP contribution in [0.1, 0.15) is 58.8 Å². The van der Waals surface area contributed by atoms with E-state index in [2.05, 4.69) is 29.6 Å². The Kier molecular flexibility index (Phi) is 9.85. The van der Waals surface area contributed by atoms with Crippen molar-refractivity contribution in [3.8, 4) is 6.07 Å². The van der Waals surface area contributed by atoms with Crippen molar-refractivity contribution < 1.29 is 9.53 Å². The van der Waals surface area contributed by atoms with Gasteiger partial charge in [-0.3, -0.25) is 4.79 Å². The van der Waals surface area contributed by atoms with Gasteiger partial charge in [-0.25, -0.2) is 0 Å². The van der Waals surface area contributed by atoms with Crippen molar-refractivity contribution in [1.82, 2.24) is 4.90 Å². The second-order valence-electron chi connectivity index (χ2n) is 6.73. The first-order chi connectivity index (χ1) is 12.0. The van der Waals surface area contributed by atoms with Crippen LogP contribution in [0.4, 0.5) is 0 Å². The van der Waals surface area contributed by atoms with Gasteiger partial charge >= 0.3 is 5.97 Å². The molecule has 25 heavy (non-hydrogen) atoms. The number of rotatable bonds is 11. The highest BCUT2D eigenvalue weighted by molar-refractivity contribution is 6.30. The summed E-state index contributed by atoms with van der Waals surface area (Å²) in [5, 5.41) is 10.4. The molecule has 1 rings (SSSR count). The highest BCUT2D eigenvalue weighted by atomic mass is 35.5. The van der Waals surface area contributed by atoms with Crippen molar-refractivity contribution in [2.45, 2.75) is 58.8 Å². The van der Waals surface area contributed by atoms with E-state index in [1.807, 2.05) is 12.2 Å². The summed E-state index contributed by atoms with van der Waals surface area (Å²) in [4.78, 5) is 13.8. The fourth-order valence-electron chi connectivity index (χ4n) is 3.25. The average Bonchev–Trinajstić information content (AvgIpc) is 2.61. The summed E-state index contributed by atoms with van der Waals surface area (Å²) in [6.45, 7) is 7.64. The molecular weight excluding hydrogens is 336 g/mol. The molecule has 0 amide bonds. The van der Waals surface area contributed by atoms with E-state index in [0.717, 1.165) is 50.9 Å². The molecule has 0 bridgehead atoms. The zero-order valence-corrected chi connectivity index (χ0v) is 16.6. The molecule has 0 spiro atoms. The molecule has 0 aromatic carbocycles. The normalized spacial score (nSPS) is 20.0. The summed E-state index contributed by atoms with van der Waals surface area (Å²) in [6.07, 6.45) is 9.43. The van der Waals surface area contributed by atoms with E-state index in [-0.39, 0.29) is 5.97 Å². The molecule has 0 heterocycles. The van der Waals surface area contributed by atoms with Crippen molar-refractivity contribution in [3.05, 3.63) is 22.8 Å². The summed E-state index contributed by atoms with van der Waals surface area (Å²) < 4.78 is 4.67. The third-order valence-corrected chi connectivity index (χ3v) is 5.02. The number of hydrogen-bond donors (Lipinski definition) is 0. The van der Waals surface area contributed by atoms with Gasteiger partial charge in [-0.05, 0) is 57.3 Å². The van der Waals surface area contributed by atoms with Gasteiger partial charge in [0.1, 0.15) is 0 Å². The lowest BCUT2D eigenvalue weighted by atomic mass is 9.77. The lowest BCUT2D eigenvalue weighted by Gasteiger charge is -2.29. The van der Waals surface area contributed by atoms with E-state index in [1.165, 1.54) is 7.11 Å². The maximum atomic E-state index is 11.3. The van der Waals surface area contributed by atoms with Crippen molar-refractivity contribution >= 4 is 17.6 Å². The summed E-state index contributed by atoms with van der Waals surface area (Å²) in [7, 11) is 1.39. The van der Waals surface area contributed by atoms with Crippen molar-refractivity contribution in [1.29, 1.82) is 5.26 Å². The lowest BCUT2D eigenvalue weighted by Crippen LogP contribution is -2.28. The topological polar surface area (TPSA) is 53.3 Å². The lowest BCUT2D eigenvalue weighted by molar-refractivity contribution is -0.140. The zero-order valence-electron chi connectivity index (χ0n) is 15.8. The molecule has 1 atom stereocenters. The van der Waals surface area contributed by atoms with E-state index in [1.54, 1.807) is 0 Å². The van der Waals surface area contributed by atoms with Crippen LogP contribution in [0.3, 0.4) is 0 Å². The maximum absolute atomic E-state index is 11.3. The predicted molar refractivity (Wildman–Crippen MR) is 102 cm³/mol. The highest BCUT2D eigenvalue weighted by Gasteiger charge is 2.31. The number of esters is 1. The van der Waals surface area contributed by atoms with Gasteiger partial charge in [0.15, 0.2) is 0 Å². The molecule has 1 aliphatic rings. The van der Waals surface area contributed by atoms with Gasteiger partial charge in [-0.15, -0.1) is 0 Å². The predicted octanol–water partition coefficient (Wildman–Crippen LogP) is 4.80. The summed E-state index contributed by atoms with van der Waals surface area (Å²) in [5.74, 6) is -0.241. The van der Waals surface area contributed by atoms with E-state index in [9.17, 15) is 10.1 Å². The number of carbonyl (C=O) groups is 1. The van der Waals surface area contributed by atoms with Crippen molar-refractivity contribution in [2.75, 3.05) is 26.7 Å². The molecule has 0 saturated carbocycles. The first-order valence-corrected chi connectivity index (χ1v) is 9.65. The molecule has 140 valence electrons. The molecule has 0 N–H and O–H groups in total. The van der Waals surface area contributed by atoms with E-state index < -0.39 is 5.41 Å². The van der Waals surface area contributed by atoms with Crippen LogP contribution >= 0.6 is 11.6 Å². The van der Waals surface area contributed by atoms with Gasteiger partial charge in [0.2, 0.25) is 0 Å². The largest absolute Gasteiger partial charge is 0.469 e. The van der Waals surface area contributed by atoms with E-state index in [0.29, 0.717) is 24.3 Å². The third-order valence-electron chi connectivity index (χ3n) is 4.65. The molecule has 0 aromatic rings. The van der Waals surface area contributed by atoms with Crippen LogP contribution in [-0.4, -0.2) is 37.6 Å². The van der Waals surface area contributed by atoms with Crippen LogP contribution in [0, 0.1) is 16.7 Å². The Bertz CT molecular complexity index is 530. The highest BCUT2D eigenvalue weighted by Crippen LogP contribution is 2.40. The van der Waals surface area contributed by atoms with Gasteiger partial charge in [-0.1, -0.05) is 37.6 Å². The van der Waals surface area contributed by atoms with Crippen molar-refractivity contribution in [3.63, 3.8) is 0 Å². The maximum Gasteiger partial charge on any atom is 0.305 e. The molecule has 1 aliphatic carbocycles. The third kappa shape index (κ3) is 7.22. The molecule has 0 saturated heterocycles. The Morgan fingerprint density at radius 1 is 1.36 bits per heavy atom. The van der Waals surface area contributed by atoms with Gasteiger partial charge in [0.25, 0.3) is 0 Å². The number of nitriles is 1. The Hall–Kier alpha value is -1.31. The van der Waals surface area contributed by atoms with Crippen LogP contribution in [0.2, 0.25) is 0 Å². The fourth-order valence-corrected chi connectivity index (χ4v) is 3.64. The number of allylic oxidation sites excluding steroid dienone is 4. The Labute approximate surface area is 157 Å². The van der Waals surface area contributed by atoms with Crippen LogP contribution < -0.4 is 0 Å². The molecule has 1 unspecified atom stereocenters. The van der Waals surface area contributed by atoms with Crippen LogP contribution in [-0.2, 0) is 9.53 Å². The summed E-state index contributed by atoms with van der Waals surface area (Å²) >= 11 is 6.43. The zero-order chi connectivity index (χ0) is 18.7. The summed E-state index contributed by atoms with van der Waals surface area (Å²) in [6, 6.07) is 2.47. The van der Waals surface area contributed by atoms with Gasteiger partial charge < -0.3 is 9.64 Å². The number of ether oxygens (including phenoxy) is 1. The number of carbonyl (C=O) groups excluding carboxylic acids is 1. The molecular formula is C20H31ClN2O2. The monoisotopic (exact) mass is 366 g/mol. The van der Waals surface area contributed by atoms with E-state index >= 15 is 0 Å². The van der Waals surface area contributed by atoms with E-state index in [4.69, 9.17) is 11.6 Å². The Balaban J connectivity index is 2.59. The van der Waals surface area contributed by atoms with Gasteiger partial charge in [-0.2, -0.15) is 5.26 Å². The standard InChI is InChI=1S/C20H31ClN2O2/c1-4-12-23(13-5-2)14-6-10-20(16-22)11-9-17(18(21)15-20)7-8-19(24)25-3/h9,11H,4-8,10,12-15H2,1-3H3. The molecule has 0 aliphatic heterocycles. The van der Waals surface area contributed by atoms with Gasteiger partial charge in [0.05, 0.1) is 18.6 Å². The second kappa shape index (κ2) is 11.3. The number of halogens is 1. The SMILES string of the molecule is CCCN(CCC)CCCC1(C#N)C=CC(CCC(=O)OC)=C(Cl)C1. The molecule has 5 heteroatoms. The number of methoxy groups -OCH3 is 1. The minimum Gasteiger partial charge on any atom is -0.469 e. The Morgan fingerprint density at radius 2 is 2.04 bits per heavy atom.